The van der Waals surface area contributed by atoms with E-state index in [1.807, 2.05) is 0 Å². The molecule has 0 aliphatic rings. The number of halogens is 1. The Labute approximate surface area is 98.2 Å². The van der Waals surface area contributed by atoms with E-state index < -0.39 is 6.04 Å². The molecule has 0 aliphatic carbocycles. The number of hydrogen-bond donors (Lipinski definition) is 2. The van der Waals surface area contributed by atoms with E-state index in [0.717, 1.165) is 0 Å². The van der Waals surface area contributed by atoms with Crippen LogP contribution in [0.4, 0.5) is 11.5 Å². The number of carbonyl (C=O) groups excluding carboxylic acids is 1. The average Bonchev–Trinajstić information content (AvgIpc) is 2.25. The van der Waals surface area contributed by atoms with Gasteiger partial charge in [0.2, 0.25) is 0 Å². The van der Waals surface area contributed by atoms with Crippen LogP contribution in [0.25, 0.3) is 0 Å². The van der Waals surface area contributed by atoms with E-state index in [2.05, 4.69) is 15.3 Å². The highest BCUT2D eigenvalue weighted by Gasteiger charge is 2.16. The summed E-state index contributed by atoms with van der Waals surface area (Å²) in [7, 11) is 0. The van der Waals surface area contributed by atoms with Crippen LogP contribution in [0.1, 0.15) is 13.8 Å². The molecule has 7 heteroatoms. The summed E-state index contributed by atoms with van der Waals surface area (Å²) in [4.78, 5) is 18.9. The molecule has 0 radical (unpaired) electrons. The van der Waals surface area contributed by atoms with Gasteiger partial charge in [-0.05, 0) is 13.8 Å². The summed E-state index contributed by atoms with van der Waals surface area (Å²) in [6.07, 6.45) is 1.26. The Kier molecular flexibility index (Phi) is 4.30. The smallest absolute Gasteiger partial charge is 0.328 e. The number of hydrogen-bond acceptors (Lipinski definition) is 6. The highest BCUT2D eigenvalue weighted by Crippen LogP contribution is 2.22. The van der Waals surface area contributed by atoms with Crippen LogP contribution in [0.5, 0.6) is 0 Å². The summed E-state index contributed by atoms with van der Waals surface area (Å²) >= 11 is 5.71. The number of nitrogens with one attached hydrogen (secondary N) is 1. The van der Waals surface area contributed by atoms with Gasteiger partial charge in [-0.15, -0.1) is 0 Å². The van der Waals surface area contributed by atoms with Gasteiger partial charge >= 0.3 is 5.97 Å². The summed E-state index contributed by atoms with van der Waals surface area (Å²) in [6.45, 7) is 3.71. The number of esters is 1. The van der Waals surface area contributed by atoms with E-state index in [9.17, 15) is 4.79 Å². The second-order valence-corrected chi connectivity index (χ2v) is 3.40. The molecule has 1 atom stereocenters. The standard InChI is InChI=1S/C9H13ClN4O2/c1-3-16-9(15)5(2)14-8-6(11)7(10)12-4-13-8/h4-5H,3,11H2,1-2H3,(H,12,13,14). The molecule has 0 aliphatic heterocycles. The zero-order chi connectivity index (χ0) is 12.1. The van der Waals surface area contributed by atoms with E-state index in [0.29, 0.717) is 12.4 Å². The Hall–Kier alpha value is -1.56. The predicted octanol–water partition coefficient (Wildman–Crippen LogP) is 1.08. The zero-order valence-electron chi connectivity index (χ0n) is 9.03. The lowest BCUT2D eigenvalue weighted by molar-refractivity contribution is -0.143. The molecule has 1 heterocycles. The first-order valence-corrected chi connectivity index (χ1v) is 5.13. The Bertz CT molecular complexity index is 386. The number of nitrogens with zero attached hydrogens (tertiary/aromatic N) is 2. The number of nitrogen functional groups attached to an aromatic ring is 1. The lowest BCUT2D eigenvalue weighted by atomic mass is 10.3. The second kappa shape index (κ2) is 5.50. The van der Waals surface area contributed by atoms with E-state index in [-0.39, 0.29) is 16.8 Å². The molecule has 1 rings (SSSR count). The van der Waals surface area contributed by atoms with E-state index in [1.54, 1.807) is 13.8 Å². The van der Waals surface area contributed by atoms with Gasteiger partial charge in [-0.3, -0.25) is 0 Å². The van der Waals surface area contributed by atoms with Gasteiger partial charge in [0.05, 0.1) is 6.61 Å². The molecular weight excluding hydrogens is 232 g/mol. The average molecular weight is 245 g/mol. The fraction of sp³-hybridized carbons (Fsp3) is 0.444. The Morgan fingerprint density at radius 2 is 2.38 bits per heavy atom. The van der Waals surface area contributed by atoms with Crippen molar-refractivity contribution in [2.75, 3.05) is 17.7 Å². The van der Waals surface area contributed by atoms with Crippen molar-refractivity contribution < 1.29 is 9.53 Å². The second-order valence-electron chi connectivity index (χ2n) is 3.04. The zero-order valence-corrected chi connectivity index (χ0v) is 9.78. The normalized spacial score (nSPS) is 11.9. The summed E-state index contributed by atoms with van der Waals surface area (Å²) in [5.41, 5.74) is 5.84. The quantitative estimate of drug-likeness (QED) is 0.608. The number of nitrogens with two attached hydrogens (primary N) is 1. The monoisotopic (exact) mass is 244 g/mol. The molecule has 0 saturated carbocycles. The van der Waals surface area contributed by atoms with E-state index in [4.69, 9.17) is 22.1 Å². The number of rotatable bonds is 4. The third-order valence-electron chi connectivity index (χ3n) is 1.83. The number of anilines is 2. The van der Waals surface area contributed by atoms with Crippen LogP contribution >= 0.6 is 11.6 Å². The number of aromatic nitrogens is 2. The summed E-state index contributed by atoms with van der Waals surface area (Å²) in [5, 5.41) is 2.95. The molecule has 1 unspecified atom stereocenters. The number of carbonyl (C=O) groups is 1. The summed E-state index contributed by atoms with van der Waals surface area (Å²) < 4.78 is 4.83. The van der Waals surface area contributed by atoms with Crippen LogP contribution in [-0.2, 0) is 9.53 Å². The van der Waals surface area contributed by atoms with Crippen LogP contribution in [0.15, 0.2) is 6.33 Å². The molecule has 0 spiro atoms. The maximum absolute atomic E-state index is 11.3. The van der Waals surface area contributed by atoms with Crippen molar-refractivity contribution in [3.8, 4) is 0 Å². The van der Waals surface area contributed by atoms with Crippen molar-refractivity contribution in [2.24, 2.45) is 0 Å². The van der Waals surface area contributed by atoms with Gasteiger partial charge in [0.1, 0.15) is 18.1 Å². The SMILES string of the molecule is CCOC(=O)C(C)Nc1ncnc(Cl)c1N. The highest BCUT2D eigenvalue weighted by molar-refractivity contribution is 6.32. The molecule has 0 fully saturated rings. The molecule has 6 nitrogen and oxygen atoms in total. The van der Waals surface area contributed by atoms with Crippen molar-refractivity contribution in [3.63, 3.8) is 0 Å². The minimum atomic E-state index is -0.548. The Morgan fingerprint density at radius 1 is 1.69 bits per heavy atom. The van der Waals surface area contributed by atoms with Gasteiger partial charge in [0.15, 0.2) is 11.0 Å². The van der Waals surface area contributed by atoms with Crippen molar-refractivity contribution in [1.29, 1.82) is 0 Å². The van der Waals surface area contributed by atoms with Crippen molar-refractivity contribution in [3.05, 3.63) is 11.5 Å². The predicted molar refractivity (Wildman–Crippen MR) is 61.2 cm³/mol. The maximum atomic E-state index is 11.3. The third-order valence-corrected chi connectivity index (χ3v) is 2.13. The molecule has 0 bridgehead atoms. The largest absolute Gasteiger partial charge is 0.464 e. The van der Waals surface area contributed by atoms with E-state index >= 15 is 0 Å². The molecule has 16 heavy (non-hydrogen) atoms. The minimum absolute atomic E-state index is 0.147. The van der Waals surface area contributed by atoms with Gasteiger partial charge in [-0.1, -0.05) is 11.6 Å². The summed E-state index contributed by atoms with van der Waals surface area (Å²) in [6, 6.07) is -0.548. The van der Waals surface area contributed by atoms with Crippen LogP contribution in [0.3, 0.4) is 0 Å². The fourth-order valence-electron chi connectivity index (χ4n) is 1.02. The molecular formula is C9H13ClN4O2. The first kappa shape index (κ1) is 12.5. The lowest BCUT2D eigenvalue weighted by Crippen LogP contribution is -2.29. The van der Waals surface area contributed by atoms with Gasteiger partial charge in [-0.25, -0.2) is 14.8 Å². The Morgan fingerprint density at radius 3 is 3.00 bits per heavy atom. The molecule has 0 amide bonds. The maximum Gasteiger partial charge on any atom is 0.328 e. The molecule has 0 saturated heterocycles. The Balaban J connectivity index is 2.73. The van der Waals surface area contributed by atoms with Crippen LogP contribution in [-0.4, -0.2) is 28.6 Å². The lowest BCUT2D eigenvalue weighted by Gasteiger charge is -2.14. The van der Waals surface area contributed by atoms with Crippen molar-refractivity contribution in [1.82, 2.24) is 9.97 Å². The van der Waals surface area contributed by atoms with Crippen LogP contribution in [0, 0.1) is 0 Å². The highest BCUT2D eigenvalue weighted by atomic mass is 35.5. The number of ether oxygens (including phenoxy) is 1. The topological polar surface area (TPSA) is 90.1 Å². The van der Waals surface area contributed by atoms with Crippen LogP contribution < -0.4 is 11.1 Å². The first-order chi connectivity index (χ1) is 7.56. The van der Waals surface area contributed by atoms with Gasteiger partial charge in [0.25, 0.3) is 0 Å². The third kappa shape index (κ3) is 2.96. The first-order valence-electron chi connectivity index (χ1n) is 4.75. The summed E-state index contributed by atoms with van der Waals surface area (Å²) in [5.74, 6) is -0.0582. The molecule has 1 aromatic rings. The molecule has 0 aromatic carbocycles. The van der Waals surface area contributed by atoms with Crippen LogP contribution in [0.2, 0.25) is 5.15 Å². The molecule has 88 valence electrons. The fourth-order valence-corrected chi connectivity index (χ4v) is 1.15. The van der Waals surface area contributed by atoms with Crippen molar-refractivity contribution >= 4 is 29.1 Å². The molecule has 1 aromatic heterocycles. The van der Waals surface area contributed by atoms with E-state index in [1.165, 1.54) is 6.33 Å². The van der Waals surface area contributed by atoms with Gasteiger partial charge < -0.3 is 15.8 Å². The minimum Gasteiger partial charge on any atom is -0.464 e. The molecule has 3 N–H and O–H groups in total. The van der Waals surface area contributed by atoms with Gasteiger partial charge in [-0.2, -0.15) is 0 Å². The van der Waals surface area contributed by atoms with Crippen molar-refractivity contribution in [2.45, 2.75) is 19.9 Å². The van der Waals surface area contributed by atoms with Gasteiger partial charge in [0, 0.05) is 0 Å².